The number of hydrogen-bond acceptors (Lipinski definition) is 4. The summed E-state index contributed by atoms with van der Waals surface area (Å²) in [6, 6.07) is 0. The third-order valence-corrected chi connectivity index (χ3v) is 7.45. The Morgan fingerprint density at radius 1 is 0.483 bits per heavy atom. The summed E-state index contributed by atoms with van der Waals surface area (Å²) in [5.41, 5.74) is 0. The van der Waals surface area contributed by atoms with E-state index in [1.165, 1.54) is 64.2 Å². The molecule has 0 heterocycles. The highest BCUT2D eigenvalue weighted by Crippen LogP contribution is 2.16. The van der Waals surface area contributed by atoms with Crippen molar-refractivity contribution in [1.29, 1.82) is 0 Å². The Balaban J connectivity index is 4.02. The molecule has 0 aromatic heterocycles. The average molecular weight is 433 g/mol. The molecule has 4 nitrogen and oxygen atoms in total. The maximum absolute atomic E-state index is 6.10. The monoisotopic (exact) mass is 432 g/mol. The molecule has 0 bridgehead atoms. The highest BCUT2D eigenvalue weighted by Gasteiger charge is 2.44. The first-order valence-electron chi connectivity index (χ1n) is 12.5. The highest BCUT2D eigenvalue weighted by atomic mass is 28.4. The van der Waals surface area contributed by atoms with Gasteiger partial charge in [-0.3, -0.25) is 0 Å². The van der Waals surface area contributed by atoms with Crippen molar-refractivity contribution < 1.29 is 17.7 Å². The van der Waals surface area contributed by atoms with Crippen molar-refractivity contribution in [3.63, 3.8) is 0 Å². The Kier molecular flexibility index (Phi) is 20.0. The largest absolute Gasteiger partial charge is 0.679 e. The summed E-state index contributed by atoms with van der Waals surface area (Å²) < 4.78 is 24.0. The van der Waals surface area contributed by atoms with E-state index in [1.807, 2.05) is 13.8 Å². The summed E-state index contributed by atoms with van der Waals surface area (Å²) in [5.74, 6) is 1.64. The second kappa shape index (κ2) is 20.0. The van der Waals surface area contributed by atoms with E-state index in [9.17, 15) is 0 Å². The van der Waals surface area contributed by atoms with Crippen LogP contribution in [0.2, 0.25) is 0 Å². The van der Waals surface area contributed by atoms with Gasteiger partial charge in [0.1, 0.15) is 0 Å². The van der Waals surface area contributed by atoms with Crippen LogP contribution in [0.25, 0.3) is 0 Å². The fourth-order valence-corrected chi connectivity index (χ4v) is 5.36. The van der Waals surface area contributed by atoms with Gasteiger partial charge < -0.3 is 17.7 Å². The fourth-order valence-electron chi connectivity index (χ4n) is 3.37. The fraction of sp³-hybridized carbons (Fsp3) is 1.00. The Hall–Kier alpha value is 0.0569. The second-order valence-electron chi connectivity index (χ2n) is 8.96. The molecule has 176 valence electrons. The van der Waals surface area contributed by atoms with E-state index in [2.05, 4.69) is 27.7 Å². The van der Waals surface area contributed by atoms with Crippen molar-refractivity contribution in [2.75, 3.05) is 26.4 Å². The predicted molar refractivity (Wildman–Crippen MR) is 126 cm³/mol. The highest BCUT2D eigenvalue weighted by molar-refractivity contribution is 6.53. The summed E-state index contributed by atoms with van der Waals surface area (Å²) in [6.07, 6.45) is 15.1. The maximum atomic E-state index is 6.10. The van der Waals surface area contributed by atoms with Crippen LogP contribution in [0.3, 0.4) is 0 Å². The molecule has 0 aromatic carbocycles. The lowest BCUT2D eigenvalue weighted by atomic mass is 10.0. The Bertz CT molecular complexity index is 305. The van der Waals surface area contributed by atoms with Gasteiger partial charge in [0.15, 0.2) is 0 Å². The molecule has 0 atom stereocenters. The molecular formula is C24H52O4Si. The normalized spacial score (nSPS) is 12.4. The van der Waals surface area contributed by atoms with Gasteiger partial charge >= 0.3 is 9.05 Å². The molecule has 0 saturated heterocycles. The standard InChI is InChI=1S/C24H52O4Si/c1-7-25-29(26-8-2,27-21-17-13-9-11-15-19-23(3)4)28-22-18-14-10-12-16-20-24(5)6/h23-24H,7-22H2,1-6H3. The van der Waals surface area contributed by atoms with Crippen LogP contribution in [0.1, 0.15) is 119 Å². The second-order valence-corrected chi connectivity index (χ2v) is 11.1. The van der Waals surface area contributed by atoms with Crippen LogP contribution in [0.4, 0.5) is 0 Å². The van der Waals surface area contributed by atoms with E-state index in [0.717, 1.165) is 24.7 Å². The van der Waals surface area contributed by atoms with E-state index in [1.54, 1.807) is 0 Å². The van der Waals surface area contributed by atoms with Crippen LogP contribution in [0.5, 0.6) is 0 Å². The van der Waals surface area contributed by atoms with Crippen molar-refractivity contribution in [2.45, 2.75) is 119 Å². The lowest BCUT2D eigenvalue weighted by molar-refractivity contribution is -0.0313. The van der Waals surface area contributed by atoms with Gasteiger partial charge in [-0.1, -0.05) is 91.9 Å². The van der Waals surface area contributed by atoms with Gasteiger partial charge in [0.2, 0.25) is 0 Å². The summed E-state index contributed by atoms with van der Waals surface area (Å²) in [6.45, 7) is 15.6. The van der Waals surface area contributed by atoms with Gasteiger partial charge in [-0.2, -0.15) is 0 Å². The van der Waals surface area contributed by atoms with Gasteiger partial charge in [-0.05, 0) is 38.5 Å². The van der Waals surface area contributed by atoms with Gasteiger partial charge in [0, 0.05) is 26.4 Å². The minimum absolute atomic E-state index is 0.566. The van der Waals surface area contributed by atoms with Crippen molar-refractivity contribution in [1.82, 2.24) is 0 Å². The summed E-state index contributed by atoms with van der Waals surface area (Å²) in [7, 11) is -2.98. The summed E-state index contributed by atoms with van der Waals surface area (Å²) >= 11 is 0. The van der Waals surface area contributed by atoms with E-state index in [-0.39, 0.29) is 0 Å². The van der Waals surface area contributed by atoms with E-state index in [0.29, 0.717) is 26.4 Å². The van der Waals surface area contributed by atoms with Gasteiger partial charge in [0.05, 0.1) is 0 Å². The molecule has 0 aromatic rings. The molecule has 0 unspecified atom stereocenters. The lowest BCUT2D eigenvalue weighted by Crippen LogP contribution is -2.49. The summed E-state index contributed by atoms with van der Waals surface area (Å²) in [4.78, 5) is 0. The summed E-state index contributed by atoms with van der Waals surface area (Å²) in [5, 5.41) is 0. The smallest absolute Gasteiger partial charge is 0.351 e. The predicted octanol–water partition coefficient (Wildman–Crippen LogP) is 7.52. The van der Waals surface area contributed by atoms with Crippen LogP contribution in [-0.2, 0) is 17.7 Å². The third kappa shape index (κ3) is 18.5. The molecule has 0 aliphatic carbocycles. The Labute approximate surface area is 183 Å². The Morgan fingerprint density at radius 2 is 0.828 bits per heavy atom. The quantitative estimate of drug-likeness (QED) is 0.131. The zero-order chi connectivity index (χ0) is 21.8. The first-order valence-corrected chi connectivity index (χ1v) is 14.1. The third-order valence-electron chi connectivity index (χ3n) is 5.05. The molecule has 29 heavy (non-hydrogen) atoms. The van der Waals surface area contributed by atoms with Crippen molar-refractivity contribution in [2.24, 2.45) is 11.8 Å². The van der Waals surface area contributed by atoms with Crippen molar-refractivity contribution in [3.05, 3.63) is 0 Å². The van der Waals surface area contributed by atoms with Crippen LogP contribution in [0.15, 0.2) is 0 Å². The molecule has 0 rings (SSSR count). The molecule has 0 fully saturated rings. The topological polar surface area (TPSA) is 36.9 Å². The minimum atomic E-state index is -2.98. The van der Waals surface area contributed by atoms with Crippen molar-refractivity contribution in [3.8, 4) is 0 Å². The maximum Gasteiger partial charge on any atom is 0.679 e. The van der Waals surface area contributed by atoms with Crippen LogP contribution in [-0.4, -0.2) is 35.5 Å². The average Bonchev–Trinajstić information content (AvgIpc) is 2.66. The molecule has 0 amide bonds. The van der Waals surface area contributed by atoms with Crippen LogP contribution < -0.4 is 0 Å². The van der Waals surface area contributed by atoms with E-state index < -0.39 is 9.05 Å². The van der Waals surface area contributed by atoms with E-state index in [4.69, 9.17) is 17.7 Å². The minimum Gasteiger partial charge on any atom is -0.351 e. The molecule has 0 N–H and O–H groups in total. The zero-order valence-electron chi connectivity index (χ0n) is 20.6. The first kappa shape index (κ1) is 29.1. The van der Waals surface area contributed by atoms with Crippen LogP contribution >= 0.6 is 0 Å². The van der Waals surface area contributed by atoms with Gasteiger partial charge in [-0.25, -0.2) is 0 Å². The van der Waals surface area contributed by atoms with Gasteiger partial charge in [-0.15, -0.1) is 0 Å². The number of rotatable bonds is 22. The molecule has 0 aliphatic rings. The van der Waals surface area contributed by atoms with Crippen molar-refractivity contribution >= 4 is 9.05 Å². The molecular weight excluding hydrogens is 380 g/mol. The molecule has 5 heteroatoms. The zero-order valence-corrected chi connectivity index (χ0v) is 21.6. The van der Waals surface area contributed by atoms with E-state index >= 15 is 0 Å². The molecule has 0 spiro atoms. The molecule has 0 radical (unpaired) electrons. The molecule has 0 saturated carbocycles. The van der Waals surface area contributed by atoms with Gasteiger partial charge in [0.25, 0.3) is 0 Å². The van der Waals surface area contributed by atoms with Crippen LogP contribution in [0, 0.1) is 11.8 Å². The SMILES string of the molecule is CCO[Si](OCC)(OCCCCCCCC(C)C)OCCCCCCCC(C)C. The Morgan fingerprint density at radius 3 is 1.17 bits per heavy atom. The first-order chi connectivity index (χ1) is 14.0. The molecule has 0 aliphatic heterocycles. The number of hydrogen-bond donors (Lipinski definition) is 0. The lowest BCUT2D eigenvalue weighted by Gasteiger charge is -2.27. The number of unbranched alkanes of at least 4 members (excludes halogenated alkanes) is 8.